The van der Waals surface area contributed by atoms with E-state index < -0.39 is 11.5 Å². The van der Waals surface area contributed by atoms with Gasteiger partial charge in [0, 0.05) is 11.6 Å². The van der Waals surface area contributed by atoms with Gasteiger partial charge in [0.1, 0.15) is 5.92 Å². The number of amides is 1. The molecule has 0 bridgehead atoms. The molecule has 4 rings (SSSR count). The van der Waals surface area contributed by atoms with Crippen LogP contribution in [0.25, 0.3) is 11.1 Å². The zero-order valence-electron chi connectivity index (χ0n) is 16.8. The van der Waals surface area contributed by atoms with E-state index in [2.05, 4.69) is 5.32 Å². The molecule has 1 N–H and O–H groups in total. The number of Topliss-reactive ketones (excluding diaryl/α,β-unsaturated/α-hetero) is 1. The monoisotopic (exact) mass is 411 g/mol. The minimum absolute atomic E-state index is 0.00815. The standard InChI is InChI=1S/C24H26ClNO3/c1-3-29-19-10-12-24(13-11-19)22(27)21(23(28)26-24)20-14-17(5-4-15(20)2)16-6-8-18(25)9-7-16/h4-9,14,19,21H,3,10-13H2,1-2H3,(H,26,28). The Hall–Kier alpha value is -2.17. The first-order valence-corrected chi connectivity index (χ1v) is 10.7. The number of rotatable bonds is 4. The molecular formula is C24H26ClNO3. The van der Waals surface area contributed by atoms with E-state index in [0.29, 0.717) is 24.5 Å². The van der Waals surface area contributed by atoms with Gasteiger partial charge in [-0.1, -0.05) is 35.9 Å². The Morgan fingerprint density at radius 3 is 2.38 bits per heavy atom. The molecule has 1 saturated heterocycles. The topological polar surface area (TPSA) is 55.4 Å². The van der Waals surface area contributed by atoms with Crippen LogP contribution in [0.3, 0.4) is 0 Å². The molecule has 152 valence electrons. The van der Waals surface area contributed by atoms with Crippen molar-refractivity contribution in [2.24, 2.45) is 0 Å². The highest BCUT2D eigenvalue weighted by Gasteiger charge is 2.54. The number of carbonyl (C=O) groups is 2. The number of ketones is 1. The smallest absolute Gasteiger partial charge is 0.235 e. The first kappa shape index (κ1) is 20.1. The van der Waals surface area contributed by atoms with Gasteiger partial charge in [0.25, 0.3) is 0 Å². The zero-order chi connectivity index (χ0) is 20.6. The van der Waals surface area contributed by atoms with E-state index >= 15 is 0 Å². The van der Waals surface area contributed by atoms with Crippen LogP contribution in [0, 0.1) is 6.92 Å². The highest BCUT2D eigenvalue weighted by Crippen LogP contribution is 2.41. The third-order valence-electron chi connectivity index (χ3n) is 6.31. The van der Waals surface area contributed by atoms with E-state index in [4.69, 9.17) is 16.3 Å². The zero-order valence-corrected chi connectivity index (χ0v) is 17.6. The van der Waals surface area contributed by atoms with Crippen molar-refractivity contribution in [1.82, 2.24) is 5.32 Å². The van der Waals surface area contributed by atoms with Gasteiger partial charge in [-0.15, -0.1) is 0 Å². The normalized spacial score (nSPS) is 26.7. The molecule has 4 nitrogen and oxygen atoms in total. The van der Waals surface area contributed by atoms with E-state index in [-0.39, 0.29) is 17.8 Å². The van der Waals surface area contributed by atoms with Gasteiger partial charge in [-0.3, -0.25) is 9.59 Å². The van der Waals surface area contributed by atoms with Gasteiger partial charge >= 0.3 is 0 Å². The van der Waals surface area contributed by atoms with Gasteiger partial charge in [0.05, 0.1) is 11.6 Å². The largest absolute Gasteiger partial charge is 0.379 e. The summed E-state index contributed by atoms with van der Waals surface area (Å²) in [6.45, 7) is 4.62. The maximum atomic E-state index is 13.5. The Balaban J connectivity index is 1.63. The van der Waals surface area contributed by atoms with Gasteiger partial charge in [-0.2, -0.15) is 0 Å². The van der Waals surface area contributed by atoms with E-state index in [1.165, 1.54) is 0 Å². The summed E-state index contributed by atoms with van der Waals surface area (Å²) < 4.78 is 5.72. The molecular weight excluding hydrogens is 386 g/mol. The van der Waals surface area contributed by atoms with Crippen molar-refractivity contribution in [2.45, 2.75) is 57.1 Å². The van der Waals surface area contributed by atoms with E-state index in [1.807, 2.05) is 56.3 Å². The third kappa shape index (κ3) is 3.72. The van der Waals surface area contributed by atoms with Crippen molar-refractivity contribution >= 4 is 23.3 Å². The molecule has 0 radical (unpaired) electrons. The molecule has 0 aromatic heterocycles. The summed E-state index contributed by atoms with van der Waals surface area (Å²) in [6, 6.07) is 13.6. The number of ether oxygens (including phenoxy) is 1. The summed E-state index contributed by atoms with van der Waals surface area (Å²) in [6.07, 6.45) is 3.08. The Kier molecular flexibility index (Phi) is 5.50. The van der Waals surface area contributed by atoms with Gasteiger partial charge in [0.2, 0.25) is 5.91 Å². The van der Waals surface area contributed by atoms with Crippen LogP contribution in [0.1, 0.15) is 49.7 Å². The van der Waals surface area contributed by atoms with Crippen molar-refractivity contribution in [1.29, 1.82) is 0 Å². The predicted molar refractivity (Wildman–Crippen MR) is 114 cm³/mol. The number of hydrogen-bond donors (Lipinski definition) is 1. The first-order valence-electron chi connectivity index (χ1n) is 10.3. The molecule has 1 aliphatic carbocycles. The molecule has 2 aromatic rings. The van der Waals surface area contributed by atoms with Crippen LogP contribution >= 0.6 is 11.6 Å². The number of benzene rings is 2. The second-order valence-corrected chi connectivity index (χ2v) is 8.54. The summed E-state index contributed by atoms with van der Waals surface area (Å²) in [5.74, 6) is -0.916. The van der Waals surface area contributed by atoms with Crippen LogP contribution in [0.4, 0.5) is 0 Å². The van der Waals surface area contributed by atoms with E-state index in [0.717, 1.165) is 35.1 Å². The lowest BCUT2D eigenvalue weighted by Gasteiger charge is -2.35. The first-order chi connectivity index (χ1) is 13.9. The third-order valence-corrected chi connectivity index (χ3v) is 6.57. The molecule has 1 spiro atoms. The van der Waals surface area contributed by atoms with Crippen LogP contribution < -0.4 is 5.32 Å². The molecule has 1 amide bonds. The Bertz CT molecular complexity index is 930. The molecule has 1 atom stereocenters. The number of nitrogens with one attached hydrogen (secondary N) is 1. The lowest BCUT2D eigenvalue weighted by molar-refractivity contribution is -0.126. The Morgan fingerprint density at radius 1 is 1.07 bits per heavy atom. The van der Waals surface area contributed by atoms with E-state index in [1.54, 1.807) is 0 Å². The Morgan fingerprint density at radius 2 is 1.72 bits per heavy atom. The summed E-state index contributed by atoms with van der Waals surface area (Å²) in [4.78, 5) is 26.4. The molecule has 1 unspecified atom stereocenters. The van der Waals surface area contributed by atoms with Crippen molar-refractivity contribution in [2.75, 3.05) is 6.61 Å². The van der Waals surface area contributed by atoms with Crippen LogP contribution in [0.5, 0.6) is 0 Å². The minimum Gasteiger partial charge on any atom is -0.379 e. The Labute approximate surface area is 176 Å². The van der Waals surface area contributed by atoms with Gasteiger partial charge < -0.3 is 10.1 Å². The summed E-state index contributed by atoms with van der Waals surface area (Å²) >= 11 is 6.00. The molecule has 2 fully saturated rings. The predicted octanol–water partition coefficient (Wildman–Crippen LogP) is 4.82. The average Bonchev–Trinajstić information content (AvgIpc) is 2.95. The number of hydrogen-bond acceptors (Lipinski definition) is 3. The number of aryl methyl sites for hydroxylation is 1. The fourth-order valence-electron chi connectivity index (χ4n) is 4.68. The van der Waals surface area contributed by atoms with Gasteiger partial charge in [-0.05, 0) is 80.0 Å². The lowest BCUT2D eigenvalue weighted by atomic mass is 9.75. The second-order valence-electron chi connectivity index (χ2n) is 8.10. The average molecular weight is 412 g/mol. The molecule has 1 heterocycles. The fraction of sp³-hybridized carbons (Fsp3) is 0.417. The minimum atomic E-state index is -0.745. The van der Waals surface area contributed by atoms with Crippen molar-refractivity contribution in [3.63, 3.8) is 0 Å². The van der Waals surface area contributed by atoms with Gasteiger partial charge in [0.15, 0.2) is 5.78 Å². The lowest BCUT2D eigenvalue weighted by Crippen LogP contribution is -2.50. The van der Waals surface area contributed by atoms with Crippen molar-refractivity contribution < 1.29 is 14.3 Å². The molecule has 5 heteroatoms. The quantitative estimate of drug-likeness (QED) is 0.734. The van der Waals surface area contributed by atoms with Crippen LogP contribution in [0.15, 0.2) is 42.5 Å². The fourth-order valence-corrected chi connectivity index (χ4v) is 4.80. The van der Waals surface area contributed by atoms with Crippen LogP contribution in [0.2, 0.25) is 5.02 Å². The molecule has 29 heavy (non-hydrogen) atoms. The maximum Gasteiger partial charge on any atom is 0.235 e. The number of halogens is 1. The molecule has 2 aliphatic rings. The summed E-state index contributed by atoms with van der Waals surface area (Å²) in [7, 11) is 0. The second kappa shape index (κ2) is 7.92. The van der Waals surface area contributed by atoms with Crippen LogP contribution in [-0.2, 0) is 14.3 Å². The van der Waals surface area contributed by atoms with Crippen molar-refractivity contribution in [3.8, 4) is 11.1 Å². The highest BCUT2D eigenvalue weighted by molar-refractivity contribution is 6.30. The molecule has 2 aromatic carbocycles. The highest BCUT2D eigenvalue weighted by atomic mass is 35.5. The summed E-state index contributed by atoms with van der Waals surface area (Å²) in [5.41, 5.74) is 3.00. The molecule has 1 saturated carbocycles. The molecule has 1 aliphatic heterocycles. The SMILES string of the molecule is CCOC1CCC2(CC1)NC(=O)C(c1cc(-c3ccc(Cl)cc3)ccc1C)C2=O. The maximum absolute atomic E-state index is 13.5. The van der Waals surface area contributed by atoms with Crippen LogP contribution in [-0.4, -0.2) is 29.9 Å². The van der Waals surface area contributed by atoms with Crippen molar-refractivity contribution in [3.05, 3.63) is 58.6 Å². The summed E-state index contributed by atoms with van der Waals surface area (Å²) in [5, 5.41) is 3.74. The van der Waals surface area contributed by atoms with Gasteiger partial charge in [-0.25, -0.2) is 0 Å². The van der Waals surface area contributed by atoms with E-state index in [9.17, 15) is 9.59 Å². The number of carbonyl (C=O) groups excluding carboxylic acids is 2.